The lowest BCUT2D eigenvalue weighted by molar-refractivity contribution is -0.120. The van der Waals surface area contributed by atoms with Crippen LogP contribution in [0.3, 0.4) is 0 Å². The zero-order chi connectivity index (χ0) is 15.3. The Morgan fingerprint density at radius 1 is 1.20 bits per heavy atom. The summed E-state index contributed by atoms with van der Waals surface area (Å²) >= 11 is 0. The Hall–Kier alpha value is -1.56. The first-order valence-electron chi connectivity index (χ1n) is 6.56. The minimum absolute atomic E-state index is 0.0844. The van der Waals surface area contributed by atoms with Gasteiger partial charge in [-0.2, -0.15) is 0 Å². The van der Waals surface area contributed by atoms with Crippen LogP contribution in [-0.2, 0) is 14.8 Å². The smallest absolute Gasteiger partial charge is 0.232 e. The summed E-state index contributed by atoms with van der Waals surface area (Å²) in [5, 5.41) is 2.69. The molecule has 0 spiro atoms. The Labute approximate surface area is 121 Å². The average Bonchev–Trinajstić information content (AvgIpc) is 2.31. The number of amides is 1. The van der Waals surface area contributed by atoms with Crippen LogP contribution in [0.2, 0.25) is 0 Å². The van der Waals surface area contributed by atoms with Crippen LogP contribution in [0.5, 0.6) is 0 Å². The summed E-state index contributed by atoms with van der Waals surface area (Å²) in [4.78, 5) is 11.2. The highest BCUT2D eigenvalue weighted by Gasteiger charge is 2.17. The van der Waals surface area contributed by atoms with Crippen molar-refractivity contribution < 1.29 is 13.2 Å². The third-order valence-corrected chi connectivity index (χ3v) is 4.05. The van der Waals surface area contributed by atoms with Gasteiger partial charge in [-0.15, -0.1) is 0 Å². The van der Waals surface area contributed by atoms with E-state index < -0.39 is 10.0 Å². The second-order valence-corrected chi connectivity index (χ2v) is 6.79. The van der Waals surface area contributed by atoms with Gasteiger partial charge in [0.2, 0.25) is 15.9 Å². The number of carbonyl (C=O) groups excluding carboxylic acids is 1. The fraction of sp³-hybridized carbons (Fsp3) is 0.500. The first-order valence-corrected chi connectivity index (χ1v) is 8.41. The number of nitrogens with zero attached hydrogens (tertiary/aromatic N) is 1. The van der Waals surface area contributed by atoms with Gasteiger partial charge in [0.25, 0.3) is 0 Å². The largest absolute Gasteiger partial charge is 0.354 e. The molecule has 0 radical (unpaired) electrons. The lowest BCUT2D eigenvalue weighted by Crippen LogP contribution is -2.38. The number of aryl methyl sites for hydroxylation is 2. The predicted molar refractivity (Wildman–Crippen MR) is 81.4 cm³/mol. The zero-order valence-electron chi connectivity index (χ0n) is 12.4. The molecule has 20 heavy (non-hydrogen) atoms. The number of anilines is 1. The number of benzene rings is 1. The van der Waals surface area contributed by atoms with E-state index in [1.165, 1.54) is 10.6 Å². The molecule has 0 heterocycles. The molecule has 0 fully saturated rings. The van der Waals surface area contributed by atoms with E-state index in [0.29, 0.717) is 18.7 Å². The number of hydrogen-bond donors (Lipinski definition) is 1. The van der Waals surface area contributed by atoms with Crippen LogP contribution in [0.4, 0.5) is 5.69 Å². The third kappa shape index (κ3) is 4.85. The van der Waals surface area contributed by atoms with Crippen molar-refractivity contribution in [1.82, 2.24) is 5.32 Å². The molecule has 1 N–H and O–H groups in total. The van der Waals surface area contributed by atoms with Gasteiger partial charge < -0.3 is 5.32 Å². The van der Waals surface area contributed by atoms with Crippen LogP contribution >= 0.6 is 0 Å². The van der Waals surface area contributed by atoms with Crippen molar-refractivity contribution in [1.29, 1.82) is 0 Å². The normalized spacial score (nSPS) is 11.2. The summed E-state index contributed by atoms with van der Waals surface area (Å²) in [6.45, 7) is 6.14. The quantitative estimate of drug-likeness (QED) is 0.867. The molecule has 0 saturated carbocycles. The van der Waals surface area contributed by atoms with Crippen LogP contribution in [0.15, 0.2) is 18.2 Å². The second-order valence-electron chi connectivity index (χ2n) is 4.88. The molecule has 1 rings (SSSR count). The molecule has 0 unspecified atom stereocenters. The molecule has 1 aromatic rings. The van der Waals surface area contributed by atoms with Crippen molar-refractivity contribution in [3.8, 4) is 0 Å². The van der Waals surface area contributed by atoms with Crippen LogP contribution in [0.1, 0.15) is 24.5 Å². The van der Waals surface area contributed by atoms with Gasteiger partial charge >= 0.3 is 0 Å². The summed E-state index contributed by atoms with van der Waals surface area (Å²) in [5.74, 6) is -0.0844. The van der Waals surface area contributed by atoms with E-state index in [9.17, 15) is 13.2 Å². The van der Waals surface area contributed by atoms with Crippen LogP contribution in [-0.4, -0.2) is 33.7 Å². The van der Waals surface area contributed by atoms with Crippen molar-refractivity contribution in [3.63, 3.8) is 0 Å². The molecule has 0 aliphatic rings. The van der Waals surface area contributed by atoms with E-state index in [4.69, 9.17) is 0 Å². The van der Waals surface area contributed by atoms with E-state index in [-0.39, 0.29) is 12.5 Å². The summed E-state index contributed by atoms with van der Waals surface area (Å²) in [5.41, 5.74) is 2.65. The first-order chi connectivity index (χ1) is 9.24. The van der Waals surface area contributed by atoms with Crippen LogP contribution in [0.25, 0.3) is 0 Å². The van der Waals surface area contributed by atoms with Gasteiger partial charge in [-0.3, -0.25) is 9.10 Å². The van der Waals surface area contributed by atoms with Gasteiger partial charge in [0, 0.05) is 13.0 Å². The highest BCUT2D eigenvalue weighted by molar-refractivity contribution is 7.92. The Morgan fingerprint density at radius 3 is 2.20 bits per heavy atom. The number of carbonyl (C=O) groups is 1. The Balaban J connectivity index is 2.93. The lowest BCUT2D eigenvalue weighted by Gasteiger charge is -2.23. The van der Waals surface area contributed by atoms with E-state index in [0.717, 1.165) is 11.1 Å². The molecular weight excluding hydrogens is 276 g/mol. The highest BCUT2D eigenvalue weighted by atomic mass is 32.2. The van der Waals surface area contributed by atoms with Gasteiger partial charge in [-0.1, -0.05) is 13.0 Å². The number of sulfonamides is 1. The van der Waals surface area contributed by atoms with Gasteiger partial charge in [0.05, 0.1) is 18.5 Å². The summed E-state index contributed by atoms with van der Waals surface area (Å²) < 4.78 is 25.1. The molecule has 0 aliphatic heterocycles. The maximum Gasteiger partial charge on any atom is 0.232 e. The first kappa shape index (κ1) is 16.5. The molecule has 1 amide bonds. The molecule has 0 aliphatic carbocycles. The standard InChI is InChI=1S/C14H22N2O3S/c1-5-14(17)15-6-7-16(20(4,18)19)13-9-11(2)8-12(3)10-13/h8-10H,5-7H2,1-4H3,(H,15,17). The predicted octanol–water partition coefficient (Wildman–Crippen LogP) is 1.60. The van der Waals surface area contributed by atoms with E-state index >= 15 is 0 Å². The third-order valence-electron chi connectivity index (χ3n) is 2.85. The van der Waals surface area contributed by atoms with Crippen molar-refractivity contribution in [3.05, 3.63) is 29.3 Å². The maximum atomic E-state index is 11.9. The minimum Gasteiger partial charge on any atom is -0.354 e. The molecular formula is C14H22N2O3S. The molecule has 6 heteroatoms. The van der Waals surface area contributed by atoms with Crippen LogP contribution < -0.4 is 9.62 Å². The van der Waals surface area contributed by atoms with Crippen LogP contribution in [0, 0.1) is 13.8 Å². The van der Waals surface area contributed by atoms with Gasteiger partial charge in [-0.05, 0) is 37.1 Å². The SMILES string of the molecule is CCC(=O)NCCN(c1cc(C)cc(C)c1)S(C)(=O)=O. The number of hydrogen-bond acceptors (Lipinski definition) is 3. The summed E-state index contributed by atoms with van der Waals surface area (Å²) in [7, 11) is -3.37. The Kier molecular flexibility index (Phi) is 5.56. The van der Waals surface area contributed by atoms with E-state index in [1.807, 2.05) is 32.0 Å². The number of nitrogens with one attached hydrogen (secondary N) is 1. The van der Waals surface area contributed by atoms with E-state index in [2.05, 4.69) is 5.32 Å². The molecule has 5 nitrogen and oxygen atoms in total. The summed E-state index contributed by atoms with van der Waals surface area (Å²) in [6, 6.07) is 5.65. The fourth-order valence-electron chi connectivity index (χ4n) is 2.00. The average molecular weight is 298 g/mol. The topological polar surface area (TPSA) is 66.5 Å². The maximum absolute atomic E-state index is 11.9. The van der Waals surface area contributed by atoms with Crippen molar-refractivity contribution in [2.75, 3.05) is 23.7 Å². The number of rotatable bonds is 6. The Bertz CT molecular complexity index is 562. The zero-order valence-corrected chi connectivity index (χ0v) is 13.3. The molecule has 0 saturated heterocycles. The fourth-order valence-corrected chi connectivity index (χ4v) is 2.91. The van der Waals surface area contributed by atoms with E-state index in [1.54, 1.807) is 6.92 Å². The lowest BCUT2D eigenvalue weighted by atomic mass is 10.1. The second kappa shape index (κ2) is 6.74. The minimum atomic E-state index is -3.37. The Morgan fingerprint density at radius 2 is 1.75 bits per heavy atom. The summed E-state index contributed by atoms with van der Waals surface area (Å²) in [6.07, 6.45) is 1.56. The molecule has 112 valence electrons. The highest BCUT2D eigenvalue weighted by Crippen LogP contribution is 2.20. The monoisotopic (exact) mass is 298 g/mol. The molecule has 0 atom stereocenters. The van der Waals surface area contributed by atoms with Crippen molar-refractivity contribution >= 4 is 21.6 Å². The molecule has 0 bridgehead atoms. The van der Waals surface area contributed by atoms with Gasteiger partial charge in [-0.25, -0.2) is 8.42 Å². The van der Waals surface area contributed by atoms with Gasteiger partial charge in [0.1, 0.15) is 0 Å². The molecule has 0 aromatic heterocycles. The van der Waals surface area contributed by atoms with Crippen molar-refractivity contribution in [2.24, 2.45) is 0 Å². The molecule has 1 aromatic carbocycles. The van der Waals surface area contributed by atoms with Crippen molar-refractivity contribution in [2.45, 2.75) is 27.2 Å². The van der Waals surface area contributed by atoms with Gasteiger partial charge in [0.15, 0.2) is 0 Å².